The SMILES string of the molecule is Cc1ccc(Cl)c(NC(=O)CCc2ccccc2N)c1. The molecule has 0 saturated carbocycles. The second-order valence-corrected chi connectivity index (χ2v) is 5.14. The number of amides is 1. The number of nitrogen functional groups attached to an aromatic ring is 1. The molecule has 0 fully saturated rings. The Morgan fingerprint density at radius 3 is 2.75 bits per heavy atom. The number of aryl methyl sites for hydroxylation is 2. The average molecular weight is 289 g/mol. The third-order valence-corrected chi connectivity index (χ3v) is 3.40. The van der Waals surface area contributed by atoms with E-state index >= 15 is 0 Å². The predicted molar refractivity (Wildman–Crippen MR) is 84.0 cm³/mol. The maximum absolute atomic E-state index is 12.0. The standard InChI is InChI=1S/C16H17ClN2O/c1-11-6-8-13(17)15(10-11)19-16(20)9-7-12-4-2-3-5-14(12)18/h2-6,8,10H,7,9,18H2,1H3,(H,19,20). The van der Waals surface area contributed by atoms with Gasteiger partial charge in [0.05, 0.1) is 10.7 Å². The van der Waals surface area contributed by atoms with E-state index < -0.39 is 0 Å². The van der Waals surface area contributed by atoms with Crippen LogP contribution in [-0.2, 0) is 11.2 Å². The molecule has 2 aromatic carbocycles. The van der Waals surface area contributed by atoms with Gasteiger partial charge in [-0.05, 0) is 42.7 Å². The highest BCUT2D eigenvalue weighted by atomic mass is 35.5. The second-order valence-electron chi connectivity index (χ2n) is 4.73. The van der Waals surface area contributed by atoms with Crippen molar-refractivity contribution in [1.29, 1.82) is 0 Å². The molecule has 3 N–H and O–H groups in total. The van der Waals surface area contributed by atoms with Gasteiger partial charge in [-0.25, -0.2) is 0 Å². The summed E-state index contributed by atoms with van der Waals surface area (Å²) in [5.74, 6) is -0.0687. The minimum absolute atomic E-state index is 0.0687. The molecule has 0 radical (unpaired) electrons. The predicted octanol–water partition coefficient (Wildman–Crippen LogP) is 3.80. The van der Waals surface area contributed by atoms with Crippen molar-refractivity contribution in [3.63, 3.8) is 0 Å². The zero-order chi connectivity index (χ0) is 14.5. The van der Waals surface area contributed by atoms with E-state index in [9.17, 15) is 4.79 Å². The van der Waals surface area contributed by atoms with Gasteiger partial charge in [0, 0.05) is 12.1 Å². The number of para-hydroxylation sites is 1. The smallest absolute Gasteiger partial charge is 0.224 e. The van der Waals surface area contributed by atoms with Crippen molar-refractivity contribution < 1.29 is 4.79 Å². The first-order valence-electron chi connectivity index (χ1n) is 6.45. The first-order valence-corrected chi connectivity index (χ1v) is 6.83. The molecule has 0 aliphatic rings. The Kier molecular flexibility index (Phi) is 4.64. The van der Waals surface area contributed by atoms with Crippen LogP contribution in [0.4, 0.5) is 11.4 Å². The summed E-state index contributed by atoms with van der Waals surface area (Å²) in [6, 6.07) is 13.1. The molecule has 2 rings (SSSR count). The quantitative estimate of drug-likeness (QED) is 0.841. The van der Waals surface area contributed by atoms with E-state index in [0.29, 0.717) is 29.2 Å². The fourth-order valence-corrected chi connectivity index (χ4v) is 2.12. The summed E-state index contributed by atoms with van der Waals surface area (Å²) in [5.41, 5.74) is 9.25. The van der Waals surface area contributed by atoms with Crippen LogP contribution in [0.15, 0.2) is 42.5 Å². The van der Waals surface area contributed by atoms with Gasteiger partial charge in [0.2, 0.25) is 5.91 Å². The molecule has 0 spiro atoms. The molecule has 0 heterocycles. The fraction of sp³-hybridized carbons (Fsp3) is 0.188. The molecule has 0 aromatic heterocycles. The molecule has 4 heteroatoms. The number of hydrogen-bond donors (Lipinski definition) is 2. The van der Waals surface area contributed by atoms with Crippen LogP contribution >= 0.6 is 11.6 Å². The normalized spacial score (nSPS) is 10.3. The highest BCUT2D eigenvalue weighted by molar-refractivity contribution is 6.33. The zero-order valence-corrected chi connectivity index (χ0v) is 12.1. The fourth-order valence-electron chi connectivity index (χ4n) is 1.96. The van der Waals surface area contributed by atoms with E-state index in [-0.39, 0.29) is 5.91 Å². The molecule has 2 aromatic rings. The molecule has 0 unspecified atom stereocenters. The van der Waals surface area contributed by atoms with E-state index in [1.807, 2.05) is 43.3 Å². The van der Waals surface area contributed by atoms with Crippen LogP contribution in [0.5, 0.6) is 0 Å². The molecule has 104 valence electrons. The largest absolute Gasteiger partial charge is 0.399 e. The molecule has 0 atom stereocenters. The van der Waals surface area contributed by atoms with Crippen LogP contribution in [0.25, 0.3) is 0 Å². The van der Waals surface area contributed by atoms with Gasteiger partial charge in [-0.1, -0.05) is 35.9 Å². The molecule has 0 aliphatic heterocycles. The van der Waals surface area contributed by atoms with Gasteiger partial charge >= 0.3 is 0 Å². The lowest BCUT2D eigenvalue weighted by atomic mass is 10.1. The number of hydrogen-bond acceptors (Lipinski definition) is 2. The minimum atomic E-state index is -0.0687. The number of nitrogens with one attached hydrogen (secondary N) is 1. The summed E-state index contributed by atoms with van der Waals surface area (Å²) in [5, 5.41) is 3.37. The number of carbonyl (C=O) groups is 1. The highest BCUT2D eigenvalue weighted by Gasteiger charge is 2.07. The van der Waals surface area contributed by atoms with Gasteiger partial charge in [-0.2, -0.15) is 0 Å². The van der Waals surface area contributed by atoms with Crippen LogP contribution in [0.1, 0.15) is 17.5 Å². The summed E-state index contributed by atoms with van der Waals surface area (Å²) >= 11 is 6.05. The van der Waals surface area contributed by atoms with Crippen molar-refractivity contribution in [2.45, 2.75) is 19.8 Å². The minimum Gasteiger partial charge on any atom is -0.399 e. The van der Waals surface area contributed by atoms with Crippen molar-refractivity contribution in [1.82, 2.24) is 0 Å². The van der Waals surface area contributed by atoms with Gasteiger partial charge in [0.15, 0.2) is 0 Å². The summed E-state index contributed by atoms with van der Waals surface area (Å²) in [4.78, 5) is 12.0. The molecular formula is C16H17ClN2O. The first-order chi connectivity index (χ1) is 9.56. The van der Waals surface area contributed by atoms with Crippen LogP contribution in [0, 0.1) is 6.92 Å². The second kappa shape index (κ2) is 6.44. The van der Waals surface area contributed by atoms with E-state index in [4.69, 9.17) is 17.3 Å². The van der Waals surface area contributed by atoms with Crippen LogP contribution in [0.2, 0.25) is 5.02 Å². The summed E-state index contributed by atoms with van der Waals surface area (Å²) in [7, 11) is 0. The van der Waals surface area contributed by atoms with E-state index in [2.05, 4.69) is 5.32 Å². The summed E-state index contributed by atoms with van der Waals surface area (Å²) in [6.45, 7) is 1.96. The Balaban J connectivity index is 1.96. The topological polar surface area (TPSA) is 55.1 Å². The number of anilines is 2. The lowest BCUT2D eigenvalue weighted by Crippen LogP contribution is -2.13. The molecular weight excluding hydrogens is 272 g/mol. The third kappa shape index (κ3) is 3.75. The summed E-state index contributed by atoms with van der Waals surface area (Å²) in [6.07, 6.45) is 0.987. The van der Waals surface area contributed by atoms with Gasteiger partial charge in [-0.3, -0.25) is 4.79 Å². The molecule has 20 heavy (non-hydrogen) atoms. The van der Waals surface area contributed by atoms with Crippen molar-refractivity contribution in [2.24, 2.45) is 0 Å². The Morgan fingerprint density at radius 2 is 2.00 bits per heavy atom. The third-order valence-electron chi connectivity index (χ3n) is 3.07. The van der Waals surface area contributed by atoms with E-state index in [1.54, 1.807) is 6.07 Å². The highest BCUT2D eigenvalue weighted by Crippen LogP contribution is 2.23. The Morgan fingerprint density at radius 1 is 1.25 bits per heavy atom. The van der Waals surface area contributed by atoms with E-state index in [1.165, 1.54) is 0 Å². The lowest BCUT2D eigenvalue weighted by molar-refractivity contribution is -0.116. The Hall–Kier alpha value is -2.00. The number of nitrogens with two attached hydrogens (primary N) is 1. The molecule has 3 nitrogen and oxygen atoms in total. The van der Waals surface area contributed by atoms with E-state index in [0.717, 1.165) is 11.1 Å². The van der Waals surface area contributed by atoms with Gasteiger partial charge in [-0.15, -0.1) is 0 Å². The van der Waals surface area contributed by atoms with Crippen molar-refractivity contribution in [3.05, 3.63) is 58.6 Å². The number of rotatable bonds is 4. The zero-order valence-electron chi connectivity index (χ0n) is 11.3. The number of halogens is 1. The van der Waals surface area contributed by atoms with Crippen molar-refractivity contribution >= 4 is 28.9 Å². The maximum atomic E-state index is 12.0. The number of carbonyl (C=O) groups excluding carboxylic acids is 1. The average Bonchev–Trinajstić information content (AvgIpc) is 2.42. The van der Waals surface area contributed by atoms with Crippen LogP contribution in [0.3, 0.4) is 0 Å². The van der Waals surface area contributed by atoms with Gasteiger partial charge in [0.25, 0.3) is 0 Å². The maximum Gasteiger partial charge on any atom is 0.224 e. The van der Waals surface area contributed by atoms with Crippen LogP contribution in [-0.4, -0.2) is 5.91 Å². The van der Waals surface area contributed by atoms with Gasteiger partial charge in [0.1, 0.15) is 0 Å². The molecule has 0 saturated heterocycles. The molecule has 1 amide bonds. The number of benzene rings is 2. The van der Waals surface area contributed by atoms with Crippen molar-refractivity contribution in [3.8, 4) is 0 Å². The van der Waals surface area contributed by atoms with Crippen LogP contribution < -0.4 is 11.1 Å². The Bertz CT molecular complexity index is 626. The van der Waals surface area contributed by atoms with Gasteiger partial charge < -0.3 is 11.1 Å². The first kappa shape index (κ1) is 14.4. The Labute approximate surface area is 123 Å². The monoisotopic (exact) mass is 288 g/mol. The summed E-state index contributed by atoms with van der Waals surface area (Å²) < 4.78 is 0. The molecule has 0 aliphatic carbocycles. The molecule has 0 bridgehead atoms. The lowest BCUT2D eigenvalue weighted by Gasteiger charge is -2.09. The van der Waals surface area contributed by atoms with Crippen molar-refractivity contribution in [2.75, 3.05) is 11.1 Å².